The molecule has 0 aliphatic carbocycles. The monoisotopic (exact) mass is 527 g/mol. The molecular weight excluding hydrogens is 490 g/mol. The molecule has 8 heteroatoms. The van der Waals surface area contributed by atoms with Crippen LogP contribution < -0.4 is 15.6 Å². The van der Waals surface area contributed by atoms with E-state index in [4.69, 9.17) is 9.72 Å². The molecule has 8 nitrogen and oxygen atoms in total. The van der Waals surface area contributed by atoms with Gasteiger partial charge in [-0.1, -0.05) is 31.2 Å². The van der Waals surface area contributed by atoms with Gasteiger partial charge < -0.3 is 19.9 Å². The van der Waals surface area contributed by atoms with Crippen molar-refractivity contribution in [1.29, 1.82) is 0 Å². The van der Waals surface area contributed by atoms with Gasteiger partial charge in [-0.05, 0) is 88.5 Å². The van der Waals surface area contributed by atoms with Gasteiger partial charge in [0.15, 0.2) is 0 Å². The number of hydrogen-bond acceptors (Lipinski definition) is 5. The maximum absolute atomic E-state index is 13.8. The lowest BCUT2D eigenvalue weighted by Crippen LogP contribution is -2.43. The molecule has 204 valence electrons. The third-order valence-corrected chi connectivity index (χ3v) is 6.71. The molecule has 4 aromatic rings. The number of urea groups is 1. The van der Waals surface area contributed by atoms with Crippen LogP contribution in [0.2, 0.25) is 0 Å². The number of ether oxygens (including phenoxy) is 1. The summed E-state index contributed by atoms with van der Waals surface area (Å²) in [4.78, 5) is 36.2. The number of nitrogens with zero attached hydrogens (tertiary/aromatic N) is 4. The summed E-state index contributed by atoms with van der Waals surface area (Å²) in [5, 5.41) is 3.55. The summed E-state index contributed by atoms with van der Waals surface area (Å²) in [5.41, 5.74) is 2.98. The van der Waals surface area contributed by atoms with E-state index in [2.05, 4.69) is 12.2 Å². The number of hydrogen-bond donors (Lipinski definition) is 1. The van der Waals surface area contributed by atoms with Crippen LogP contribution in [0.25, 0.3) is 16.6 Å². The zero-order chi connectivity index (χ0) is 27.9. The number of rotatable bonds is 10. The Labute approximate surface area is 229 Å². The summed E-state index contributed by atoms with van der Waals surface area (Å²) in [6, 6.07) is 21.8. The molecule has 3 aromatic carbocycles. The molecule has 1 heterocycles. The predicted molar refractivity (Wildman–Crippen MR) is 157 cm³/mol. The zero-order valence-corrected chi connectivity index (χ0v) is 23.3. The molecule has 0 radical (unpaired) electrons. The van der Waals surface area contributed by atoms with Gasteiger partial charge in [-0.3, -0.25) is 9.36 Å². The second-order valence-electron chi connectivity index (χ2n) is 9.71. The van der Waals surface area contributed by atoms with Crippen molar-refractivity contribution in [1.82, 2.24) is 19.4 Å². The molecule has 0 saturated heterocycles. The second-order valence-corrected chi connectivity index (χ2v) is 9.71. The van der Waals surface area contributed by atoms with Gasteiger partial charge in [-0.25, -0.2) is 9.78 Å². The number of nitrogens with one attached hydrogen (secondary N) is 1. The van der Waals surface area contributed by atoms with Crippen molar-refractivity contribution < 1.29 is 9.53 Å². The lowest BCUT2D eigenvalue weighted by Gasteiger charge is -2.31. The van der Waals surface area contributed by atoms with Gasteiger partial charge in [0.1, 0.15) is 11.6 Å². The normalized spacial score (nSPS) is 11.9. The van der Waals surface area contributed by atoms with Crippen molar-refractivity contribution in [2.75, 3.05) is 39.1 Å². The minimum absolute atomic E-state index is 0.185. The Balaban J connectivity index is 1.79. The molecule has 1 aromatic heterocycles. The summed E-state index contributed by atoms with van der Waals surface area (Å²) in [5.74, 6) is 1.21. The molecule has 0 bridgehead atoms. The highest BCUT2D eigenvalue weighted by atomic mass is 16.5. The summed E-state index contributed by atoms with van der Waals surface area (Å²) < 4.78 is 7.21. The molecule has 1 atom stereocenters. The van der Waals surface area contributed by atoms with Crippen LogP contribution in [0.5, 0.6) is 5.75 Å². The molecule has 1 unspecified atom stereocenters. The Morgan fingerprint density at radius 3 is 2.31 bits per heavy atom. The quantitative estimate of drug-likeness (QED) is 0.294. The first-order valence-corrected chi connectivity index (χ1v) is 13.4. The van der Waals surface area contributed by atoms with Gasteiger partial charge >= 0.3 is 6.03 Å². The second kappa shape index (κ2) is 12.6. The van der Waals surface area contributed by atoms with Crippen LogP contribution in [0.15, 0.2) is 77.6 Å². The van der Waals surface area contributed by atoms with Gasteiger partial charge in [0, 0.05) is 18.8 Å². The Morgan fingerprint density at radius 2 is 1.67 bits per heavy atom. The lowest BCUT2D eigenvalue weighted by molar-refractivity contribution is 0.181. The number of aryl methyl sites for hydroxylation is 1. The number of amides is 2. The number of aromatic nitrogens is 2. The molecule has 4 rings (SSSR count). The van der Waals surface area contributed by atoms with Crippen molar-refractivity contribution in [2.45, 2.75) is 33.2 Å². The summed E-state index contributed by atoms with van der Waals surface area (Å²) in [7, 11) is 3.93. The predicted octanol–water partition coefficient (Wildman–Crippen LogP) is 5.50. The van der Waals surface area contributed by atoms with Gasteiger partial charge in [-0.15, -0.1) is 0 Å². The first kappa shape index (κ1) is 27.9. The number of benzene rings is 3. The van der Waals surface area contributed by atoms with Gasteiger partial charge in [0.05, 0.1) is 29.2 Å². The fourth-order valence-corrected chi connectivity index (χ4v) is 4.48. The maximum atomic E-state index is 13.8. The smallest absolute Gasteiger partial charge is 0.322 e. The standard InChI is InChI=1S/C31H37N5O3/c1-6-23-12-14-24(15-13-23)32-31(38)35(21-20-34(4)5)22(3)29-33-28-11-9-8-10-27(28)30(37)36(29)25-16-18-26(19-17-25)39-7-2/h8-19,22H,6-7,20-21H2,1-5H3,(H,32,38). The van der Waals surface area contributed by atoms with Crippen LogP contribution >= 0.6 is 0 Å². The van der Waals surface area contributed by atoms with E-state index >= 15 is 0 Å². The molecular formula is C31H37N5O3. The SMILES string of the molecule is CCOc1ccc(-n2c(C(C)N(CCN(C)C)C(=O)Nc3ccc(CC)cc3)nc3ccccc3c2=O)cc1. The number of para-hydroxylation sites is 1. The third-order valence-electron chi connectivity index (χ3n) is 6.71. The highest BCUT2D eigenvalue weighted by Crippen LogP contribution is 2.25. The molecule has 0 spiro atoms. The summed E-state index contributed by atoms with van der Waals surface area (Å²) in [6.07, 6.45) is 0.928. The average Bonchev–Trinajstić information content (AvgIpc) is 2.94. The van der Waals surface area contributed by atoms with Gasteiger partial charge in [0.25, 0.3) is 5.56 Å². The van der Waals surface area contributed by atoms with Crippen LogP contribution in [0, 0.1) is 0 Å². The first-order valence-electron chi connectivity index (χ1n) is 13.4. The largest absolute Gasteiger partial charge is 0.494 e. The Bertz CT molecular complexity index is 1460. The molecule has 0 aliphatic rings. The van der Waals surface area contributed by atoms with E-state index < -0.39 is 6.04 Å². The summed E-state index contributed by atoms with van der Waals surface area (Å²) in [6.45, 7) is 7.58. The van der Waals surface area contributed by atoms with Crippen molar-refractivity contribution in [2.24, 2.45) is 0 Å². The van der Waals surface area contributed by atoms with E-state index in [1.807, 2.05) is 99.6 Å². The zero-order valence-electron chi connectivity index (χ0n) is 23.3. The number of likely N-dealkylation sites (N-methyl/N-ethyl adjacent to an activating group) is 1. The molecule has 2 amide bonds. The van der Waals surface area contributed by atoms with Crippen molar-refractivity contribution in [3.05, 3.63) is 94.5 Å². The Hall–Kier alpha value is -4.17. The van der Waals surface area contributed by atoms with Crippen LogP contribution in [-0.2, 0) is 6.42 Å². The number of carbonyl (C=O) groups excluding carboxylic acids is 1. The highest BCUT2D eigenvalue weighted by molar-refractivity contribution is 5.89. The van der Waals surface area contributed by atoms with Crippen molar-refractivity contribution >= 4 is 22.6 Å². The van der Waals surface area contributed by atoms with Gasteiger partial charge in [-0.2, -0.15) is 0 Å². The summed E-state index contributed by atoms with van der Waals surface area (Å²) >= 11 is 0. The average molecular weight is 528 g/mol. The van der Waals surface area contributed by atoms with Crippen LogP contribution in [-0.4, -0.2) is 59.2 Å². The molecule has 0 fully saturated rings. The van der Waals surface area contributed by atoms with Crippen molar-refractivity contribution in [3.8, 4) is 11.4 Å². The molecule has 0 aliphatic heterocycles. The van der Waals surface area contributed by atoms with E-state index in [1.165, 1.54) is 5.56 Å². The van der Waals surface area contributed by atoms with Crippen LogP contribution in [0.3, 0.4) is 0 Å². The lowest BCUT2D eigenvalue weighted by atomic mass is 10.1. The number of fused-ring (bicyclic) bond motifs is 1. The van der Waals surface area contributed by atoms with E-state index in [0.717, 1.165) is 17.9 Å². The Morgan fingerprint density at radius 1 is 0.974 bits per heavy atom. The van der Waals surface area contributed by atoms with Gasteiger partial charge in [0.2, 0.25) is 0 Å². The topological polar surface area (TPSA) is 79.7 Å². The fourth-order valence-electron chi connectivity index (χ4n) is 4.48. The molecule has 39 heavy (non-hydrogen) atoms. The molecule has 1 N–H and O–H groups in total. The van der Waals surface area contributed by atoms with Crippen molar-refractivity contribution in [3.63, 3.8) is 0 Å². The van der Waals surface area contributed by atoms with E-state index in [9.17, 15) is 9.59 Å². The minimum atomic E-state index is -0.510. The van der Waals surface area contributed by atoms with E-state index in [-0.39, 0.29) is 11.6 Å². The van der Waals surface area contributed by atoms with E-state index in [1.54, 1.807) is 15.5 Å². The number of anilines is 1. The Kier molecular flexibility index (Phi) is 8.99. The van der Waals surface area contributed by atoms with Crippen LogP contribution in [0.4, 0.5) is 10.5 Å². The molecule has 0 saturated carbocycles. The fraction of sp³-hybridized carbons (Fsp3) is 0.323. The van der Waals surface area contributed by atoms with E-state index in [0.29, 0.717) is 42.1 Å². The van der Waals surface area contributed by atoms with Crippen LogP contribution in [0.1, 0.15) is 38.2 Å². The highest BCUT2D eigenvalue weighted by Gasteiger charge is 2.27. The first-order chi connectivity index (χ1) is 18.8. The number of carbonyl (C=O) groups is 1. The maximum Gasteiger partial charge on any atom is 0.322 e. The minimum Gasteiger partial charge on any atom is -0.494 e. The third kappa shape index (κ3) is 6.46.